The third kappa shape index (κ3) is 6.68. The van der Waals surface area contributed by atoms with Crippen LogP contribution >= 0.6 is 0 Å². The van der Waals surface area contributed by atoms with Gasteiger partial charge in [0.1, 0.15) is 6.61 Å². The summed E-state index contributed by atoms with van der Waals surface area (Å²) in [5.74, 6) is 2.76. The van der Waals surface area contributed by atoms with Crippen LogP contribution in [0.2, 0.25) is 0 Å². The lowest BCUT2D eigenvalue weighted by molar-refractivity contribution is -0.121. The molecule has 0 heterocycles. The number of rotatable bonds is 12. The predicted octanol–water partition coefficient (Wildman–Crippen LogP) is 3.62. The third-order valence-corrected chi connectivity index (χ3v) is 4.00. The van der Waals surface area contributed by atoms with Gasteiger partial charge in [0, 0.05) is 6.42 Å². The maximum absolute atomic E-state index is 12.1. The van der Waals surface area contributed by atoms with Crippen LogP contribution in [0.5, 0.6) is 23.0 Å². The van der Waals surface area contributed by atoms with Crippen molar-refractivity contribution in [2.45, 2.75) is 26.7 Å². The molecular weight excluding hydrogens is 358 g/mol. The van der Waals surface area contributed by atoms with Gasteiger partial charge in [-0.05, 0) is 50.1 Å². The fourth-order valence-electron chi connectivity index (χ4n) is 2.69. The zero-order chi connectivity index (χ0) is 20.2. The molecule has 0 aliphatic heterocycles. The molecule has 1 N–H and O–H groups in total. The zero-order valence-corrected chi connectivity index (χ0v) is 16.8. The molecule has 0 unspecified atom stereocenters. The van der Waals surface area contributed by atoms with Crippen molar-refractivity contribution in [2.75, 3.05) is 33.5 Å². The summed E-state index contributed by atoms with van der Waals surface area (Å²) in [6.45, 7) is 5.83. The number of amides is 1. The second kappa shape index (κ2) is 11.7. The number of carbonyl (C=O) groups is 1. The van der Waals surface area contributed by atoms with Crippen molar-refractivity contribution in [1.82, 2.24) is 5.32 Å². The number of hydrogen-bond acceptors (Lipinski definition) is 5. The first kappa shape index (κ1) is 21.4. The van der Waals surface area contributed by atoms with E-state index in [0.29, 0.717) is 56.5 Å². The van der Waals surface area contributed by atoms with Gasteiger partial charge in [-0.3, -0.25) is 4.79 Å². The Balaban J connectivity index is 1.75. The fraction of sp³-hybridized carbons (Fsp3) is 0.409. The highest BCUT2D eigenvalue weighted by atomic mass is 16.5. The lowest BCUT2D eigenvalue weighted by Gasteiger charge is -2.13. The van der Waals surface area contributed by atoms with Gasteiger partial charge in [0.2, 0.25) is 5.91 Å². The van der Waals surface area contributed by atoms with E-state index in [9.17, 15) is 4.79 Å². The molecule has 0 spiro atoms. The van der Waals surface area contributed by atoms with E-state index in [4.69, 9.17) is 18.9 Å². The molecule has 6 nitrogen and oxygen atoms in total. The van der Waals surface area contributed by atoms with Gasteiger partial charge in [0.05, 0.1) is 26.9 Å². The first-order valence-corrected chi connectivity index (χ1v) is 9.59. The predicted molar refractivity (Wildman–Crippen MR) is 109 cm³/mol. The Bertz CT molecular complexity index is 747. The van der Waals surface area contributed by atoms with E-state index < -0.39 is 0 Å². The van der Waals surface area contributed by atoms with Crippen LogP contribution in [0.25, 0.3) is 0 Å². The molecule has 0 saturated carbocycles. The van der Waals surface area contributed by atoms with E-state index in [1.807, 2.05) is 56.3 Å². The third-order valence-electron chi connectivity index (χ3n) is 4.00. The first-order valence-electron chi connectivity index (χ1n) is 9.59. The molecule has 152 valence electrons. The summed E-state index contributed by atoms with van der Waals surface area (Å²) in [5.41, 5.74) is 1.03. The Morgan fingerprint density at radius 2 is 1.57 bits per heavy atom. The minimum atomic E-state index is -0.0181. The Kier molecular flexibility index (Phi) is 8.98. The molecular formula is C22H29NO5. The van der Waals surface area contributed by atoms with Gasteiger partial charge >= 0.3 is 0 Å². The molecule has 0 aliphatic rings. The van der Waals surface area contributed by atoms with Crippen LogP contribution in [0, 0.1) is 0 Å². The van der Waals surface area contributed by atoms with Crippen LogP contribution in [-0.4, -0.2) is 39.4 Å². The second-order valence-corrected chi connectivity index (χ2v) is 6.00. The molecule has 0 atom stereocenters. The molecule has 28 heavy (non-hydrogen) atoms. The summed E-state index contributed by atoms with van der Waals surface area (Å²) in [4.78, 5) is 12.1. The molecule has 0 fully saturated rings. The van der Waals surface area contributed by atoms with Gasteiger partial charge in [-0.15, -0.1) is 0 Å². The molecule has 2 rings (SSSR count). The number of para-hydroxylation sites is 2. The smallest absolute Gasteiger partial charge is 0.220 e. The van der Waals surface area contributed by atoms with Crippen LogP contribution < -0.4 is 24.3 Å². The molecule has 0 radical (unpaired) electrons. The van der Waals surface area contributed by atoms with Crippen LogP contribution in [0.1, 0.15) is 25.8 Å². The number of benzene rings is 2. The Morgan fingerprint density at radius 3 is 2.29 bits per heavy atom. The van der Waals surface area contributed by atoms with Crippen LogP contribution in [0.3, 0.4) is 0 Å². The van der Waals surface area contributed by atoms with E-state index in [2.05, 4.69) is 5.32 Å². The van der Waals surface area contributed by atoms with E-state index in [-0.39, 0.29) is 5.91 Å². The van der Waals surface area contributed by atoms with Gasteiger partial charge in [-0.2, -0.15) is 0 Å². The Labute approximate surface area is 166 Å². The average molecular weight is 387 g/mol. The van der Waals surface area contributed by atoms with Gasteiger partial charge in [-0.1, -0.05) is 18.2 Å². The molecule has 0 bridgehead atoms. The van der Waals surface area contributed by atoms with Gasteiger partial charge in [0.25, 0.3) is 0 Å². The maximum Gasteiger partial charge on any atom is 0.220 e. The number of ether oxygens (including phenoxy) is 4. The maximum atomic E-state index is 12.1. The van der Waals surface area contributed by atoms with E-state index >= 15 is 0 Å². The molecule has 0 aromatic heterocycles. The molecule has 6 heteroatoms. The molecule has 1 amide bonds. The number of aryl methyl sites for hydroxylation is 1. The summed E-state index contributed by atoms with van der Waals surface area (Å²) >= 11 is 0. The van der Waals surface area contributed by atoms with Crippen molar-refractivity contribution in [1.29, 1.82) is 0 Å². The summed E-state index contributed by atoms with van der Waals surface area (Å²) in [6.07, 6.45) is 1.03. The minimum absolute atomic E-state index is 0.0181. The molecule has 2 aromatic rings. The molecule has 0 saturated heterocycles. The summed E-state index contributed by atoms with van der Waals surface area (Å²) < 4.78 is 22.1. The standard InChI is InChI=1S/C22H29NO5/c1-4-26-20-12-10-17(16-21(20)27-5-2)11-13-22(24)23-14-15-28-19-9-7-6-8-18(19)25-3/h6-10,12,16H,4-5,11,13-15H2,1-3H3,(H,23,24). The van der Waals surface area contributed by atoms with Crippen molar-refractivity contribution in [3.63, 3.8) is 0 Å². The van der Waals surface area contributed by atoms with Crippen molar-refractivity contribution in [3.8, 4) is 23.0 Å². The molecule has 2 aromatic carbocycles. The van der Waals surface area contributed by atoms with E-state index in [1.165, 1.54) is 0 Å². The van der Waals surface area contributed by atoms with Crippen molar-refractivity contribution in [3.05, 3.63) is 48.0 Å². The second-order valence-electron chi connectivity index (χ2n) is 6.00. The lowest BCUT2D eigenvalue weighted by atomic mass is 10.1. The Hall–Kier alpha value is -2.89. The SMILES string of the molecule is CCOc1ccc(CCC(=O)NCCOc2ccccc2OC)cc1OCC. The van der Waals surface area contributed by atoms with Gasteiger partial charge < -0.3 is 24.3 Å². The summed E-state index contributed by atoms with van der Waals surface area (Å²) in [6, 6.07) is 13.2. The van der Waals surface area contributed by atoms with Crippen molar-refractivity contribution < 1.29 is 23.7 Å². The summed E-state index contributed by atoms with van der Waals surface area (Å²) in [5, 5.41) is 2.87. The summed E-state index contributed by atoms with van der Waals surface area (Å²) in [7, 11) is 1.60. The normalized spacial score (nSPS) is 10.2. The minimum Gasteiger partial charge on any atom is -0.493 e. The highest BCUT2D eigenvalue weighted by Gasteiger charge is 2.08. The van der Waals surface area contributed by atoms with Gasteiger partial charge in [0.15, 0.2) is 23.0 Å². The number of nitrogens with one attached hydrogen (secondary N) is 1. The Morgan fingerprint density at radius 1 is 0.893 bits per heavy atom. The quantitative estimate of drug-likeness (QED) is 0.564. The fourth-order valence-corrected chi connectivity index (χ4v) is 2.69. The van der Waals surface area contributed by atoms with Crippen LogP contribution in [0.4, 0.5) is 0 Å². The highest BCUT2D eigenvalue weighted by Crippen LogP contribution is 2.29. The van der Waals surface area contributed by atoms with E-state index in [1.54, 1.807) is 7.11 Å². The highest BCUT2D eigenvalue weighted by molar-refractivity contribution is 5.76. The number of carbonyl (C=O) groups excluding carboxylic acids is 1. The van der Waals surface area contributed by atoms with Gasteiger partial charge in [-0.25, -0.2) is 0 Å². The van der Waals surface area contributed by atoms with Crippen LogP contribution in [-0.2, 0) is 11.2 Å². The largest absolute Gasteiger partial charge is 0.493 e. The number of methoxy groups -OCH3 is 1. The van der Waals surface area contributed by atoms with Crippen molar-refractivity contribution in [2.24, 2.45) is 0 Å². The lowest BCUT2D eigenvalue weighted by Crippen LogP contribution is -2.28. The van der Waals surface area contributed by atoms with Crippen molar-refractivity contribution >= 4 is 5.91 Å². The molecule has 0 aliphatic carbocycles. The van der Waals surface area contributed by atoms with E-state index in [0.717, 1.165) is 11.3 Å². The average Bonchev–Trinajstić information content (AvgIpc) is 2.72. The number of hydrogen-bond donors (Lipinski definition) is 1. The zero-order valence-electron chi connectivity index (χ0n) is 16.8. The monoisotopic (exact) mass is 387 g/mol. The van der Waals surface area contributed by atoms with Crippen LogP contribution in [0.15, 0.2) is 42.5 Å². The first-order chi connectivity index (χ1) is 13.7. The topological polar surface area (TPSA) is 66.0 Å².